The second kappa shape index (κ2) is 8.83. The van der Waals surface area contributed by atoms with Crippen LogP contribution in [0.1, 0.15) is 49.3 Å². The smallest absolute Gasteiger partial charge is 0.255 e. The van der Waals surface area contributed by atoms with Gasteiger partial charge in [-0.2, -0.15) is 5.10 Å². The van der Waals surface area contributed by atoms with E-state index in [9.17, 15) is 4.79 Å². The Kier molecular flexibility index (Phi) is 7.65. The van der Waals surface area contributed by atoms with E-state index in [2.05, 4.69) is 36.2 Å². The summed E-state index contributed by atoms with van der Waals surface area (Å²) in [5.41, 5.74) is 2.38. The molecule has 2 atom stereocenters. The van der Waals surface area contributed by atoms with Crippen LogP contribution in [0.5, 0.6) is 0 Å². The summed E-state index contributed by atoms with van der Waals surface area (Å²) in [6.07, 6.45) is 2.76. The zero-order valence-corrected chi connectivity index (χ0v) is 16.8. The molecule has 0 bridgehead atoms. The van der Waals surface area contributed by atoms with Gasteiger partial charge in [-0.25, -0.2) is 9.67 Å². The molecule has 1 saturated heterocycles. The van der Waals surface area contributed by atoms with Crippen molar-refractivity contribution in [2.45, 2.75) is 46.2 Å². The lowest BCUT2D eigenvalue weighted by atomic mass is 10.1. The van der Waals surface area contributed by atoms with Crippen LogP contribution in [0, 0.1) is 6.92 Å². The molecule has 1 aliphatic heterocycles. The number of rotatable bonds is 3. The third kappa shape index (κ3) is 4.07. The van der Waals surface area contributed by atoms with Crippen LogP contribution in [0.2, 0.25) is 0 Å². The van der Waals surface area contributed by atoms with E-state index in [0.717, 1.165) is 48.3 Å². The first kappa shape index (κ1) is 21.7. The van der Waals surface area contributed by atoms with Crippen molar-refractivity contribution in [3.8, 4) is 0 Å². The van der Waals surface area contributed by atoms with E-state index in [4.69, 9.17) is 0 Å². The second-order valence-corrected chi connectivity index (χ2v) is 6.45. The summed E-state index contributed by atoms with van der Waals surface area (Å²) >= 11 is 0. The number of nitrogens with one attached hydrogen (secondary N) is 1. The number of nitrogens with zero attached hydrogens (tertiary/aromatic N) is 4. The van der Waals surface area contributed by atoms with Crippen molar-refractivity contribution in [2.24, 2.45) is 0 Å². The molecule has 0 radical (unpaired) electrons. The van der Waals surface area contributed by atoms with Gasteiger partial charge < -0.3 is 10.2 Å². The minimum Gasteiger partial charge on any atom is -0.333 e. The Labute approximate surface area is 161 Å². The largest absolute Gasteiger partial charge is 0.333 e. The zero-order chi connectivity index (χ0) is 16.6. The molecule has 1 aliphatic rings. The maximum atomic E-state index is 13.1. The molecular weight excluding hydrogens is 361 g/mol. The number of piperazine rings is 1. The summed E-state index contributed by atoms with van der Waals surface area (Å²) < 4.78 is 1.93. The van der Waals surface area contributed by atoms with Crippen LogP contribution in [-0.4, -0.2) is 51.2 Å². The predicted octanol–water partition coefficient (Wildman–Crippen LogP) is 2.99. The lowest BCUT2D eigenvalue weighted by Gasteiger charge is -2.34. The fourth-order valence-electron chi connectivity index (χ4n) is 3.11. The predicted molar refractivity (Wildman–Crippen MR) is 105 cm³/mol. The third-order valence-corrected chi connectivity index (χ3v) is 4.70. The van der Waals surface area contributed by atoms with Gasteiger partial charge >= 0.3 is 0 Å². The Morgan fingerprint density at radius 2 is 2.16 bits per heavy atom. The molecule has 2 aromatic heterocycles. The first-order chi connectivity index (χ1) is 11.0. The summed E-state index contributed by atoms with van der Waals surface area (Å²) in [5.74, 6) is 0.0817. The summed E-state index contributed by atoms with van der Waals surface area (Å²) in [7, 11) is 0. The zero-order valence-electron chi connectivity index (χ0n) is 15.2. The Hall–Kier alpha value is -1.37. The van der Waals surface area contributed by atoms with Gasteiger partial charge in [0.1, 0.15) is 0 Å². The number of hydrogen-bond acceptors (Lipinski definition) is 4. The van der Waals surface area contributed by atoms with Crippen molar-refractivity contribution in [2.75, 3.05) is 19.6 Å². The Morgan fingerprint density at radius 3 is 2.80 bits per heavy atom. The van der Waals surface area contributed by atoms with Crippen LogP contribution in [-0.2, 0) is 0 Å². The maximum absolute atomic E-state index is 13.1. The molecule has 0 saturated carbocycles. The van der Waals surface area contributed by atoms with Crippen LogP contribution in [0.3, 0.4) is 0 Å². The summed E-state index contributed by atoms with van der Waals surface area (Å²) in [4.78, 5) is 19.6. The van der Waals surface area contributed by atoms with Gasteiger partial charge in [0.15, 0.2) is 5.65 Å². The van der Waals surface area contributed by atoms with Gasteiger partial charge in [-0.15, -0.1) is 24.8 Å². The SMILES string of the molecule is CCC(C)n1ncc2c(C(=O)N3CCNCC3C)cc(C)nc21.Cl.Cl. The molecule has 0 aliphatic carbocycles. The van der Waals surface area contributed by atoms with Crippen molar-refractivity contribution < 1.29 is 4.79 Å². The molecule has 3 rings (SSSR count). The monoisotopic (exact) mass is 387 g/mol. The first-order valence-electron chi connectivity index (χ1n) is 8.39. The molecule has 3 heterocycles. The molecule has 6 nitrogen and oxygen atoms in total. The summed E-state index contributed by atoms with van der Waals surface area (Å²) in [5, 5.41) is 8.66. The van der Waals surface area contributed by atoms with Crippen molar-refractivity contribution in [1.82, 2.24) is 25.0 Å². The molecule has 140 valence electrons. The minimum absolute atomic E-state index is 0. The quantitative estimate of drug-likeness (QED) is 0.878. The molecule has 2 aromatic rings. The molecule has 1 fully saturated rings. The standard InChI is InChI=1S/C17H25N5O.2ClH/c1-5-12(3)22-16-15(10-19-22)14(8-11(2)20-16)17(23)21-7-6-18-9-13(21)4;;/h8,10,12-13,18H,5-7,9H2,1-4H3;2*1H. The number of amides is 1. The maximum Gasteiger partial charge on any atom is 0.255 e. The lowest BCUT2D eigenvalue weighted by Crippen LogP contribution is -2.52. The van der Waals surface area contributed by atoms with Crippen LogP contribution in [0.25, 0.3) is 11.0 Å². The number of pyridine rings is 1. The fraction of sp³-hybridized carbons (Fsp3) is 0.588. The molecule has 1 N–H and O–H groups in total. The Morgan fingerprint density at radius 1 is 1.44 bits per heavy atom. The fourth-order valence-corrected chi connectivity index (χ4v) is 3.11. The van der Waals surface area contributed by atoms with Crippen molar-refractivity contribution in [3.63, 3.8) is 0 Å². The molecule has 0 spiro atoms. The second-order valence-electron chi connectivity index (χ2n) is 6.45. The highest BCUT2D eigenvalue weighted by atomic mass is 35.5. The average molecular weight is 388 g/mol. The van der Waals surface area contributed by atoms with Crippen molar-refractivity contribution in [3.05, 3.63) is 23.5 Å². The average Bonchev–Trinajstić information content (AvgIpc) is 2.96. The topological polar surface area (TPSA) is 63.1 Å². The van der Waals surface area contributed by atoms with Gasteiger partial charge in [-0.3, -0.25) is 4.79 Å². The molecular formula is C17H27Cl2N5O. The Bertz CT molecular complexity index is 733. The number of carbonyl (C=O) groups excluding carboxylic acids is 1. The minimum atomic E-state index is 0. The molecule has 1 amide bonds. The van der Waals surface area contributed by atoms with Gasteiger partial charge in [-0.1, -0.05) is 6.92 Å². The van der Waals surface area contributed by atoms with Crippen molar-refractivity contribution >= 4 is 41.8 Å². The molecule has 0 aromatic carbocycles. The first-order valence-corrected chi connectivity index (χ1v) is 8.39. The van der Waals surface area contributed by atoms with Crippen LogP contribution in [0.15, 0.2) is 12.3 Å². The highest BCUT2D eigenvalue weighted by molar-refractivity contribution is 6.05. The van der Waals surface area contributed by atoms with Crippen molar-refractivity contribution in [1.29, 1.82) is 0 Å². The lowest BCUT2D eigenvalue weighted by molar-refractivity contribution is 0.0657. The van der Waals surface area contributed by atoms with E-state index in [0.29, 0.717) is 0 Å². The normalized spacial score (nSPS) is 18.4. The molecule has 25 heavy (non-hydrogen) atoms. The van der Waals surface area contributed by atoms with Gasteiger partial charge in [-0.05, 0) is 33.3 Å². The molecule has 2 unspecified atom stereocenters. The number of carbonyl (C=O) groups is 1. The number of aromatic nitrogens is 3. The highest BCUT2D eigenvalue weighted by Crippen LogP contribution is 2.24. The van der Waals surface area contributed by atoms with Crippen LogP contribution < -0.4 is 5.32 Å². The summed E-state index contributed by atoms with van der Waals surface area (Å²) in [6, 6.07) is 2.36. The van der Waals surface area contributed by atoms with Crippen LogP contribution >= 0.6 is 24.8 Å². The van der Waals surface area contributed by atoms with Gasteiger partial charge in [0.2, 0.25) is 0 Å². The summed E-state index contributed by atoms with van der Waals surface area (Å²) in [6.45, 7) is 10.7. The van der Waals surface area contributed by atoms with E-state index in [1.807, 2.05) is 22.6 Å². The number of aryl methyl sites for hydroxylation is 1. The number of fused-ring (bicyclic) bond motifs is 1. The molecule has 8 heteroatoms. The van der Waals surface area contributed by atoms with E-state index in [-0.39, 0.29) is 42.8 Å². The van der Waals surface area contributed by atoms with Crippen LogP contribution in [0.4, 0.5) is 0 Å². The number of halogens is 2. The van der Waals surface area contributed by atoms with Gasteiger partial charge in [0.25, 0.3) is 5.91 Å². The number of hydrogen-bond donors (Lipinski definition) is 1. The van der Waals surface area contributed by atoms with E-state index < -0.39 is 0 Å². The Balaban J connectivity index is 0.00000156. The van der Waals surface area contributed by atoms with E-state index in [1.54, 1.807) is 6.20 Å². The highest BCUT2D eigenvalue weighted by Gasteiger charge is 2.26. The van der Waals surface area contributed by atoms with Gasteiger partial charge in [0, 0.05) is 31.4 Å². The van der Waals surface area contributed by atoms with E-state index in [1.165, 1.54) is 0 Å². The third-order valence-electron chi connectivity index (χ3n) is 4.70. The van der Waals surface area contributed by atoms with Gasteiger partial charge in [0.05, 0.1) is 23.2 Å². The van der Waals surface area contributed by atoms with E-state index >= 15 is 0 Å².